The molecule has 0 aliphatic rings. The van der Waals surface area contributed by atoms with Gasteiger partial charge in [-0.1, -0.05) is 48.0 Å². The quantitative estimate of drug-likeness (QED) is 0.719. The van der Waals surface area contributed by atoms with E-state index in [1.165, 1.54) is 5.56 Å². The highest BCUT2D eigenvalue weighted by atomic mass is 16.1. The number of H-pyrrole nitrogens is 1. The molecule has 3 heteroatoms. The van der Waals surface area contributed by atoms with E-state index < -0.39 is 0 Å². The van der Waals surface area contributed by atoms with E-state index >= 15 is 0 Å². The maximum Gasteiger partial charge on any atom is 0.272 e. The summed E-state index contributed by atoms with van der Waals surface area (Å²) >= 11 is 0. The normalized spacial score (nSPS) is 11.2. The average molecular weight is 262 g/mol. The van der Waals surface area contributed by atoms with Crippen LogP contribution in [0.2, 0.25) is 0 Å². The molecule has 0 aliphatic heterocycles. The molecule has 0 saturated carbocycles. The van der Waals surface area contributed by atoms with Gasteiger partial charge >= 0.3 is 0 Å². The summed E-state index contributed by atoms with van der Waals surface area (Å²) in [6, 6.07) is 14.1. The smallest absolute Gasteiger partial charge is 0.267 e. The molecule has 1 heterocycles. The number of hydrogen-bond donors (Lipinski definition) is 1. The van der Waals surface area contributed by atoms with Crippen LogP contribution in [0.1, 0.15) is 16.7 Å². The molecular formula is C17H14N2O. The fraction of sp³-hybridized carbons (Fsp3) is 0.0588. The van der Waals surface area contributed by atoms with Crippen molar-refractivity contribution in [2.24, 2.45) is 0 Å². The molecule has 20 heavy (non-hydrogen) atoms. The van der Waals surface area contributed by atoms with E-state index in [1.807, 2.05) is 24.3 Å². The topological polar surface area (TPSA) is 45.8 Å². The fourth-order valence-electron chi connectivity index (χ4n) is 2.09. The van der Waals surface area contributed by atoms with Gasteiger partial charge in [0.1, 0.15) is 0 Å². The van der Waals surface area contributed by atoms with E-state index in [2.05, 4.69) is 47.5 Å². The van der Waals surface area contributed by atoms with Crippen molar-refractivity contribution in [2.45, 2.75) is 6.92 Å². The molecule has 2 aromatic carbocycles. The van der Waals surface area contributed by atoms with Crippen molar-refractivity contribution < 1.29 is 0 Å². The summed E-state index contributed by atoms with van der Waals surface area (Å²) in [6.07, 6.45) is 5.76. The van der Waals surface area contributed by atoms with Gasteiger partial charge in [0.15, 0.2) is 0 Å². The Morgan fingerprint density at radius 3 is 2.50 bits per heavy atom. The third-order valence-corrected chi connectivity index (χ3v) is 3.24. The molecule has 0 atom stereocenters. The van der Waals surface area contributed by atoms with Crippen LogP contribution in [-0.2, 0) is 0 Å². The van der Waals surface area contributed by atoms with Gasteiger partial charge in [0, 0.05) is 5.39 Å². The largest absolute Gasteiger partial charge is 0.272 e. The molecule has 3 aromatic rings. The maximum absolute atomic E-state index is 11.6. The highest BCUT2D eigenvalue weighted by molar-refractivity contribution is 5.84. The van der Waals surface area contributed by atoms with E-state index in [-0.39, 0.29) is 5.56 Å². The van der Waals surface area contributed by atoms with Gasteiger partial charge in [-0.05, 0) is 30.2 Å². The molecule has 0 radical (unpaired) electrons. The number of aromatic amines is 1. The van der Waals surface area contributed by atoms with Gasteiger partial charge in [0.25, 0.3) is 5.56 Å². The Morgan fingerprint density at radius 2 is 1.70 bits per heavy atom. The summed E-state index contributed by atoms with van der Waals surface area (Å²) in [5.41, 5.74) is 3.29. The van der Waals surface area contributed by atoms with Gasteiger partial charge in [0.2, 0.25) is 0 Å². The number of fused-ring (bicyclic) bond motifs is 1. The lowest BCUT2D eigenvalue weighted by Crippen LogP contribution is -2.06. The lowest BCUT2D eigenvalue weighted by atomic mass is 10.1. The highest BCUT2D eigenvalue weighted by Crippen LogP contribution is 2.14. The maximum atomic E-state index is 11.6. The van der Waals surface area contributed by atoms with Crippen LogP contribution < -0.4 is 5.56 Å². The lowest BCUT2D eigenvalue weighted by Gasteiger charge is -1.99. The molecule has 0 aliphatic carbocycles. The van der Waals surface area contributed by atoms with Gasteiger partial charge in [-0.3, -0.25) is 4.79 Å². The van der Waals surface area contributed by atoms with Gasteiger partial charge in [0.05, 0.1) is 11.6 Å². The number of hydrogen-bond acceptors (Lipinski definition) is 2. The first-order valence-electron chi connectivity index (χ1n) is 6.44. The monoisotopic (exact) mass is 262 g/mol. The predicted molar refractivity (Wildman–Crippen MR) is 82.5 cm³/mol. The van der Waals surface area contributed by atoms with Crippen LogP contribution in [0.5, 0.6) is 0 Å². The first kappa shape index (κ1) is 12.4. The fourth-order valence-corrected chi connectivity index (χ4v) is 2.09. The number of nitrogens with zero attached hydrogens (tertiary/aromatic N) is 1. The van der Waals surface area contributed by atoms with Crippen LogP contribution in [0, 0.1) is 6.92 Å². The molecular weight excluding hydrogens is 248 g/mol. The predicted octanol–water partition coefficient (Wildman–Crippen LogP) is 3.40. The van der Waals surface area contributed by atoms with Crippen molar-refractivity contribution >= 4 is 22.9 Å². The number of nitrogens with one attached hydrogen (secondary N) is 1. The Bertz CT molecular complexity index is 829. The molecule has 1 aromatic heterocycles. The molecule has 0 unspecified atom stereocenters. The van der Waals surface area contributed by atoms with E-state index in [9.17, 15) is 4.79 Å². The molecule has 0 bridgehead atoms. The Morgan fingerprint density at radius 1 is 1.00 bits per heavy atom. The molecule has 3 rings (SSSR count). The van der Waals surface area contributed by atoms with Crippen molar-refractivity contribution in [3.63, 3.8) is 0 Å². The van der Waals surface area contributed by atoms with Crippen LogP contribution in [0.4, 0.5) is 0 Å². The first-order valence-corrected chi connectivity index (χ1v) is 6.44. The van der Waals surface area contributed by atoms with Crippen molar-refractivity contribution in [1.29, 1.82) is 0 Å². The Balaban J connectivity index is 1.95. The minimum absolute atomic E-state index is 0.156. The molecule has 0 fully saturated rings. The van der Waals surface area contributed by atoms with Crippen LogP contribution >= 0.6 is 0 Å². The van der Waals surface area contributed by atoms with Crippen molar-refractivity contribution in [1.82, 2.24) is 10.2 Å². The summed E-state index contributed by atoms with van der Waals surface area (Å²) < 4.78 is 0. The van der Waals surface area contributed by atoms with Crippen molar-refractivity contribution in [2.75, 3.05) is 0 Å². The van der Waals surface area contributed by atoms with Crippen LogP contribution in [0.3, 0.4) is 0 Å². The second-order valence-corrected chi connectivity index (χ2v) is 4.79. The molecule has 0 spiro atoms. The van der Waals surface area contributed by atoms with Crippen LogP contribution in [0.15, 0.2) is 53.5 Å². The van der Waals surface area contributed by atoms with E-state index in [1.54, 1.807) is 6.20 Å². The number of aromatic nitrogens is 2. The zero-order valence-electron chi connectivity index (χ0n) is 11.1. The third-order valence-electron chi connectivity index (χ3n) is 3.24. The van der Waals surface area contributed by atoms with Gasteiger partial charge in [-0.15, -0.1) is 0 Å². The Labute approximate surface area is 116 Å². The highest BCUT2D eigenvalue weighted by Gasteiger charge is 1.98. The molecule has 3 nitrogen and oxygen atoms in total. The molecule has 0 amide bonds. The molecule has 0 saturated heterocycles. The first-order chi connectivity index (χ1) is 9.72. The minimum atomic E-state index is -0.156. The van der Waals surface area contributed by atoms with Gasteiger partial charge < -0.3 is 0 Å². The molecule has 1 N–H and O–H groups in total. The zero-order valence-corrected chi connectivity index (χ0v) is 11.1. The summed E-state index contributed by atoms with van der Waals surface area (Å²) in [6.45, 7) is 2.07. The van der Waals surface area contributed by atoms with Crippen molar-refractivity contribution in [3.05, 3.63) is 75.7 Å². The van der Waals surface area contributed by atoms with Crippen molar-refractivity contribution in [3.8, 4) is 0 Å². The number of benzene rings is 2. The lowest BCUT2D eigenvalue weighted by molar-refractivity contribution is 1.01. The second-order valence-electron chi connectivity index (χ2n) is 4.79. The van der Waals surface area contributed by atoms with Crippen LogP contribution in [-0.4, -0.2) is 10.2 Å². The zero-order chi connectivity index (χ0) is 13.9. The molecule has 98 valence electrons. The number of rotatable bonds is 2. The number of aryl methyl sites for hydroxylation is 1. The Hall–Kier alpha value is -2.68. The van der Waals surface area contributed by atoms with E-state index in [4.69, 9.17) is 0 Å². The Kier molecular flexibility index (Phi) is 3.17. The summed E-state index contributed by atoms with van der Waals surface area (Å²) in [4.78, 5) is 11.6. The van der Waals surface area contributed by atoms with E-state index in [0.29, 0.717) is 5.39 Å². The standard InChI is InChI=1S/C17H14N2O/c1-12-2-4-13(5-3-12)6-7-14-8-9-16-15(10-14)11-18-19-17(16)20/h2-11H,1H3,(H,19,20)/b7-6+. The average Bonchev–Trinajstić information content (AvgIpc) is 2.47. The third kappa shape index (κ3) is 2.52. The summed E-state index contributed by atoms with van der Waals surface area (Å²) in [5, 5.41) is 7.76. The van der Waals surface area contributed by atoms with E-state index in [0.717, 1.165) is 16.5 Å². The second kappa shape index (κ2) is 5.13. The summed E-state index contributed by atoms with van der Waals surface area (Å²) in [5.74, 6) is 0. The van der Waals surface area contributed by atoms with Crippen LogP contribution in [0.25, 0.3) is 22.9 Å². The van der Waals surface area contributed by atoms with Gasteiger partial charge in [-0.2, -0.15) is 5.10 Å². The van der Waals surface area contributed by atoms with Gasteiger partial charge in [-0.25, -0.2) is 5.10 Å². The SMILES string of the molecule is Cc1ccc(/C=C/c2ccc3c(=O)[nH]ncc3c2)cc1. The minimum Gasteiger partial charge on any atom is -0.267 e. The summed E-state index contributed by atoms with van der Waals surface area (Å²) in [7, 11) is 0.